The summed E-state index contributed by atoms with van der Waals surface area (Å²) >= 11 is 0. The van der Waals surface area contributed by atoms with Crippen LogP contribution >= 0.6 is 0 Å². The molecular formula is C74H130N18O14S. The fourth-order valence-electron chi connectivity index (χ4n) is 13.1. The number of nitrogens with zero attached hydrogens (tertiary/aromatic N) is 2. The van der Waals surface area contributed by atoms with Gasteiger partial charge in [0.15, 0.2) is 0 Å². The topological polar surface area (TPSA) is 490 Å². The van der Waals surface area contributed by atoms with Gasteiger partial charge in [-0.2, -0.15) is 4.31 Å². The largest absolute Gasteiger partial charge is 0.370 e. The van der Waals surface area contributed by atoms with Crippen LogP contribution in [-0.2, 0) is 73.9 Å². The molecule has 3 heterocycles. The van der Waals surface area contributed by atoms with Crippen LogP contribution < -0.4 is 81.4 Å². The van der Waals surface area contributed by atoms with E-state index in [4.69, 9.17) is 27.7 Å². The summed E-state index contributed by atoms with van der Waals surface area (Å²) in [7, 11) is -4.18. The Hall–Kier alpha value is -7.40. The Kier molecular flexibility index (Phi) is 41.4. The van der Waals surface area contributed by atoms with E-state index in [0.29, 0.717) is 77.3 Å². The van der Waals surface area contributed by atoms with Gasteiger partial charge in [-0.3, -0.25) is 52.7 Å². The lowest BCUT2D eigenvalue weighted by molar-refractivity contribution is -0.139. The van der Waals surface area contributed by atoms with Crippen LogP contribution in [0.2, 0.25) is 0 Å². The zero-order valence-corrected chi connectivity index (χ0v) is 65.9. The molecule has 2 aliphatic heterocycles. The summed E-state index contributed by atoms with van der Waals surface area (Å²) in [4.78, 5) is 164. The Labute approximate surface area is 633 Å². The van der Waals surface area contributed by atoms with E-state index in [0.717, 1.165) is 27.2 Å². The minimum Gasteiger partial charge on any atom is -0.370 e. The van der Waals surface area contributed by atoms with Crippen LogP contribution in [0.5, 0.6) is 0 Å². The number of aromatic amines is 1. The van der Waals surface area contributed by atoms with Crippen LogP contribution in [0.1, 0.15) is 184 Å². The second kappa shape index (κ2) is 48.2. The van der Waals surface area contributed by atoms with Crippen molar-refractivity contribution in [2.24, 2.45) is 46.6 Å². The highest BCUT2D eigenvalue weighted by molar-refractivity contribution is 7.89. The van der Waals surface area contributed by atoms with Crippen molar-refractivity contribution in [3.05, 3.63) is 36.0 Å². The van der Waals surface area contributed by atoms with Crippen molar-refractivity contribution in [2.45, 2.75) is 251 Å². The number of hydrogen-bond acceptors (Lipinski definition) is 19. The molecule has 0 radical (unpaired) electrons. The van der Waals surface area contributed by atoms with E-state index in [-0.39, 0.29) is 109 Å². The second-order valence-corrected chi connectivity index (χ2v) is 32.1. The van der Waals surface area contributed by atoms with E-state index >= 15 is 0 Å². The molecule has 606 valence electrons. The van der Waals surface area contributed by atoms with Crippen LogP contribution in [0.15, 0.2) is 30.5 Å². The Morgan fingerprint density at radius 3 is 1.62 bits per heavy atom. The highest BCUT2D eigenvalue weighted by Gasteiger charge is 2.39. The van der Waals surface area contributed by atoms with Crippen molar-refractivity contribution in [2.75, 3.05) is 77.9 Å². The number of amides is 11. The van der Waals surface area contributed by atoms with Crippen molar-refractivity contribution < 1.29 is 65.9 Å². The number of nitrogens with two attached hydrogens (primary N) is 4. The third-order valence-electron chi connectivity index (χ3n) is 19.1. The fourth-order valence-corrected chi connectivity index (χ4v) is 14.6. The van der Waals surface area contributed by atoms with Gasteiger partial charge in [0.1, 0.15) is 54.9 Å². The third kappa shape index (κ3) is 32.0. The number of fused-ring (bicyclic) bond motifs is 2. The first-order valence-electron chi connectivity index (χ1n) is 38.8. The van der Waals surface area contributed by atoms with Crippen LogP contribution in [0.3, 0.4) is 0 Å². The van der Waals surface area contributed by atoms with E-state index in [9.17, 15) is 61.2 Å². The maximum absolute atomic E-state index is 15.0. The van der Waals surface area contributed by atoms with Crippen molar-refractivity contribution in [1.82, 2.24) is 72.7 Å². The molecule has 2 fully saturated rings. The quantitative estimate of drug-likeness (QED) is 0.0529. The molecule has 11 unspecified atom stereocenters. The van der Waals surface area contributed by atoms with E-state index in [1.54, 1.807) is 38.8 Å². The lowest BCUT2D eigenvalue weighted by Crippen LogP contribution is -2.60. The zero-order valence-electron chi connectivity index (χ0n) is 65.1. The summed E-state index contributed by atoms with van der Waals surface area (Å²) in [5.74, 6) is -8.81. The van der Waals surface area contributed by atoms with Crippen LogP contribution in [0.4, 0.5) is 0 Å². The molecule has 107 heavy (non-hydrogen) atoms. The monoisotopic (exact) mass is 1530 g/mol. The number of ether oxygens (including phenoxy) is 1. The Morgan fingerprint density at radius 2 is 1.07 bits per heavy atom. The molecular weight excluding hydrogens is 1400 g/mol. The lowest BCUT2D eigenvalue weighted by Gasteiger charge is -2.31. The molecule has 2 aliphatic rings. The molecule has 0 aliphatic carbocycles. The molecule has 0 spiro atoms. The van der Waals surface area contributed by atoms with E-state index in [1.165, 1.54) is 6.92 Å². The maximum Gasteiger partial charge on any atom is 0.246 e. The van der Waals surface area contributed by atoms with E-state index < -0.39 is 166 Å². The van der Waals surface area contributed by atoms with Gasteiger partial charge in [-0.15, -0.1) is 0 Å². The number of hydrogen-bond donors (Lipinski definition) is 16. The lowest BCUT2D eigenvalue weighted by atomic mass is 9.99. The van der Waals surface area contributed by atoms with Gasteiger partial charge in [-0.05, 0) is 165 Å². The first-order valence-corrected chi connectivity index (χ1v) is 40.4. The molecule has 1 aromatic heterocycles. The van der Waals surface area contributed by atoms with Gasteiger partial charge in [0.2, 0.25) is 75.0 Å². The fraction of sp³-hybridized carbons (Fsp3) is 0.743. The average molecular weight is 1530 g/mol. The summed E-state index contributed by atoms with van der Waals surface area (Å²) in [6, 6.07) is -4.21. The Balaban J connectivity index is 1.78. The standard InChI is InChI=1S/C74H130N18O14S/c1-11-12-23-52-42-81-64(48(6)7)72(101)90-65(49(8)9)73(102)82-50(10)66(95)89-61(40-51-41-80-55-26-14-13-25-54(51)55)74(103)92-35-21-24-53(92)44-106-45-63(94)84-57(28-16-19-31-76)68(97)87-60(39-47(4)5)71(100)86-58(29-17-20-32-77)69(98)88-59(38-46(2)3)70(99)85-56(27-15-18-30-75)67(96)79-34-36-91(43-62(93)83-52)107(104,105)37-22-33-78/h13-14,25-26,41,46-50,52-53,56-61,64-65,80-81H,11-12,15-24,27-40,42-45,75-78H2,1-10H3,(H,79,96)(H,82,102)(H,83,93)(H,84,94)(H,85,99)(H,86,100)(H,87,97)(H,88,98)(H,89,95)(H,90,101). The predicted molar refractivity (Wildman–Crippen MR) is 411 cm³/mol. The van der Waals surface area contributed by atoms with E-state index in [1.807, 2.05) is 58.9 Å². The van der Waals surface area contributed by atoms with Gasteiger partial charge in [0, 0.05) is 55.7 Å². The van der Waals surface area contributed by atoms with Crippen molar-refractivity contribution >= 4 is 85.9 Å². The Morgan fingerprint density at radius 1 is 0.542 bits per heavy atom. The maximum atomic E-state index is 15.0. The number of H-pyrrole nitrogens is 1. The molecule has 2 aromatic rings. The molecule has 0 saturated carbocycles. The van der Waals surface area contributed by atoms with Crippen molar-refractivity contribution in [3.63, 3.8) is 0 Å². The molecule has 0 bridgehead atoms. The third-order valence-corrected chi connectivity index (χ3v) is 21.0. The molecule has 32 nitrogen and oxygen atoms in total. The number of carbonyl (C=O) groups excluding carboxylic acids is 11. The number of rotatable bonds is 27. The van der Waals surface area contributed by atoms with Gasteiger partial charge in [0.25, 0.3) is 0 Å². The first kappa shape index (κ1) is 92.0. The number of aromatic nitrogens is 1. The van der Waals surface area contributed by atoms with Gasteiger partial charge < -0.3 is 96.0 Å². The Bertz CT molecular complexity index is 3260. The zero-order chi connectivity index (χ0) is 79.3. The van der Waals surface area contributed by atoms with Gasteiger partial charge >= 0.3 is 0 Å². The molecule has 2 saturated heterocycles. The smallest absolute Gasteiger partial charge is 0.246 e. The highest BCUT2D eigenvalue weighted by atomic mass is 32.2. The van der Waals surface area contributed by atoms with E-state index in [2.05, 4.69) is 63.5 Å². The summed E-state index contributed by atoms with van der Waals surface area (Å²) in [6.45, 7) is 17.2. The predicted octanol–water partition coefficient (Wildman–Crippen LogP) is 0.151. The summed E-state index contributed by atoms with van der Waals surface area (Å²) in [5, 5.41) is 32.4. The SMILES string of the molecule is CCCCC1CNC(C(C)C)C(=O)NC(C(C)C)C(=O)NC(C)C(=O)NC(Cc2c[nH]c3ccccc23)C(=O)N2CCCC2COCC(=O)NC(CCCCN)C(=O)NC(CC(C)C)C(=O)NC(CCCCN)C(=O)NC(CC(C)C)C(=O)NC(CCCCN)C(=O)NCCN(S(=O)(=O)CCCN)CC(=O)N1. The summed E-state index contributed by atoms with van der Waals surface area (Å²) in [5.41, 5.74) is 24.9. The van der Waals surface area contributed by atoms with Crippen molar-refractivity contribution in [1.29, 1.82) is 0 Å². The average Bonchev–Trinajstić information content (AvgIpc) is 1.66. The molecule has 1 aromatic carbocycles. The molecule has 20 N–H and O–H groups in total. The van der Waals surface area contributed by atoms with Gasteiger partial charge in [-0.1, -0.05) is 93.4 Å². The normalized spacial score (nSPS) is 25.0. The van der Waals surface area contributed by atoms with Crippen molar-refractivity contribution in [3.8, 4) is 0 Å². The minimum atomic E-state index is -4.18. The van der Waals surface area contributed by atoms with Gasteiger partial charge in [-0.25, -0.2) is 8.42 Å². The van der Waals surface area contributed by atoms with Gasteiger partial charge in [0.05, 0.1) is 31.0 Å². The number of carbonyl (C=O) groups is 11. The van der Waals surface area contributed by atoms with Crippen LogP contribution in [-0.4, -0.2) is 232 Å². The number of sulfonamides is 1. The minimum absolute atomic E-state index is 0.0298. The summed E-state index contributed by atoms with van der Waals surface area (Å²) < 4.78 is 35.0. The highest BCUT2D eigenvalue weighted by Crippen LogP contribution is 2.24. The second-order valence-electron chi connectivity index (χ2n) is 30.0. The molecule has 11 atom stereocenters. The first-order chi connectivity index (χ1) is 50.9. The number of para-hydroxylation sites is 1. The van der Waals surface area contributed by atoms with Crippen LogP contribution in [0.25, 0.3) is 10.9 Å². The van der Waals surface area contributed by atoms with Crippen LogP contribution in [0, 0.1) is 23.7 Å². The summed E-state index contributed by atoms with van der Waals surface area (Å²) in [6.07, 6.45) is 7.90. The molecule has 11 amide bonds. The molecule has 33 heteroatoms. The number of nitrogens with one attached hydrogen (secondary N) is 12. The molecule has 4 rings (SSSR count). The number of benzene rings is 1. The number of unbranched alkanes of at least 4 members (excludes halogenated alkanes) is 4.